The lowest BCUT2D eigenvalue weighted by molar-refractivity contribution is -0.154. The molecule has 128 valence electrons. The van der Waals surface area contributed by atoms with Crippen molar-refractivity contribution in [1.29, 1.82) is 0 Å². The Kier molecular flexibility index (Phi) is 5.71. The van der Waals surface area contributed by atoms with Crippen molar-refractivity contribution in [3.8, 4) is 0 Å². The molecule has 7 heteroatoms. The van der Waals surface area contributed by atoms with E-state index in [2.05, 4.69) is 4.74 Å². The summed E-state index contributed by atoms with van der Waals surface area (Å²) in [5, 5.41) is 10.3. The van der Waals surface area contributed by atoms with Gasteiger partial charge >= 0.3 is 5.97 Å². The molecule has 2 aromatic rings. The highest BCUT2D eigenvalue weighted by Crippen LogP contribution is 2.24. The molecule has 0 spiro atoms. The molecule has 0 fully saturated rings. The first-order valence-electron chi connectivity index (χ1n) is 7.16. The van der Waals surface area contributed by atoms with E-state index in [0.717, 1.165) is 12.7 Å². The Morgan fingerprint density at radius 2 is 1.62 bits per heavy atom. The third kappa shape index (κ3) is 4.19. The Labute approximate surface area is 140 Å². The summed E-state index contributed by atoms with van der Waals surface area (Å²) in [5.74, 6) is -0.984. The van der Waals surface area contributed by atoms with Crippen molar-refractivity contribution in [3.05, 3.63) is 65.7 Å². The lowest BCUT2D eigenvalue weighted by Crippen LogP contribution is -2.34. The van der Waals surface area contributed by atoms with Gasteiger partial charge in [0.2, 0.25) is 6.10 Å². The summed E-state index contributed by atoms with van der Waals surface area (Å²) in [5.41, 5.74) is 1.22. The lowest BCUT2D eigenvalue weighted by Gasteiger charge is -2.21. The molecule has 2 aromatic carbocycles. The van der Waals surface area contributed by atoms with Crippen LogP contribution in [0.25, 0.3) is 0 Å². The molecule has 2 rings (SSSR count). The van der Waals surface area contributed by atoms with Gasteiger partial charge in [-0.2, -0.15) is 8.42 Å². The first-order valence-corrected chi connectivity index (χ1v) is 8.57. The summed E-state index contributed by atoms with van der Waals surface area (Å²) in [4.78, 5) is 11.8. The molecule has 2 atom stereocenters. The molecule has 0 bridgehead atoms. The quantitative estimate of drug-likeness (QED) is 0.633. The number of methoxy groups -OCH3 is 1. The highest BCUT2D eigenvalue weighted by Gasteiger charge is 2.35. The molecule has 0 aromatic heterocycles. The van der Waals surface area contributed by atoms with Crippen LogP contribution in [0.4, 0.5) is 0 Å². The molecule has 0 aliphatic heterocycles. The zero-order chi connectivity index (χ0) is 17.7. The van der Waals surface area contributed by atoms with Crippen LogP contribution in [-0.4, -0.2) is 32.7 Å². The van der Waals surface area contributed by atoms with E-state index in [4.69, 9.17) is 4.18 Å². The summed E-state index contributed by atoms with van der Waals surface area (Å²) in [6, 6.07) is 14.1. The van der Waals surface area contributed by atoms with Crippen LogP contribution in [0.15, 0.2) is 59.5 Å². The summed E-state index contributed by atoms with van der Waals surface area (Å²) >= 11 is 0. The Morgan fingerprint density at radius 3 is 2.17 bits per heavy atom. The van der Waals surface area contributed by atoms with Gasteiger partial charge in [0.25, 0.3) is 10.1 Å². The summed E-state index contributed by atoms with van der Waals surface area (Å²) in [7, 11) is -3.15. The van der Waals surface area contributed by atoms with Crippen LogP contribution in [0.2, 0.25) is 0 Å². The van der Waals surface area contributed by atoms with E-state index in [1.165, 1.54) is 12.1 Å². The second kappa shape index (κ2) is 7.57. The van der Waals surface area contributed by atoms with E-state index in [9.17, 15) is 18.3 Å². The van der Waals surface area contributed by atoms with Crippen molar-refractivity contribution in [2.45, 2.75) is 24.0 Å². The van der Waals surface area contributed by atoms with Crippen molar-refractivity contribution in [1.82, 2.24) is 0 Å². The molecule has 0 heterocycles. The van der Waals surface area contributed by atoms with Crippen LogP contribution in [-0.2, 0) is 23.8 Å². The number of hydrogen-bond donors (Lipinski definition) is 1. The fourth-order valence-electron chi connectivity index (χ4n) is 2.06. The van der Waals surface area contributed by atoms with E-state index < -0.39 is 28.3 Å². The maximum Gasteiger partial charge on any atom is 0.339 e. The van der Waals surface area contributed by atoms with E-state index in [-0.39, 0.29) is 4.90 Å². The van der Waals surface area contributed by atoms with Crippen LogP contribution in [0.5, 0.6) is 0 Å². The molecule has 0 saturated carbocycles. The first-order chi connectivity index (χ1) is 11.3. The highest BCUT2D eigenvalue weighted by molar-refractivity contribution is 7.86. The normalized spacial score (nSPS) is 14.0. The van der Waals surface area contributed by atoms with Gasteiger partial charge in [0.1, 0.15) is 6.10 Å². The van der Waals surface area contributed by atoms with Crippen molar-refractivity contribution >= 4 is 16.1 Å². The number of carbonyl (C=O) groups is 1. The van der Waals surface area contributed by atoms with Gasteiger partial charge in [0.15, 0.2) is 0 Å². The molecule has 0 saturated heterocycles. The minimum absolute atomic E-state index is 0.109. The third-order valence-electron chi connectivity index (χ3n) is 3.40. The Bertz CT molecular complexity index is 784. The number of esters is 1. The topological polar surface area (TPSA) is 89.9 Å². The number of benzene rings is 2. The molecule has 0 radical (unpaired) electrons. The van der Waals surface area contributed by atoms with Crippen molar-refractivity contribution < 1.29 is 27.2 Å². The van der Waals surface area contributed by atoms with Gasteiger partial charge in [-0.3, -0.25) is 0 Å². The number of aliphatic hydroxyl groups is 1. The molecule has 0 aliphatic carbocycles. The number of hydrogen-bond acceptors (Lipinski definition) is 6. The minimum atomic E-state index is -4.25. The fourth-order valence-corrected chi connectivity index (χ4v) is 3.10. The van der Waals surface area contributed by atoms with Gasteiger partial charge < -0.3 is 9.84 Å². The predicted molar refractivity (Wildman–Crippen MR) is 86.7 cm³/mol. The number of carbonyl (C=O) groups excluding carboxylic acids is 1. The molecule has 6 nitrogen and oxygen atoms in total. The fraction of sp³-hybridized carbons (Fsp3) is 0.235. The number of aryl methyl sites for hydroxylation is 1. The van der Waals surface area contributed by atoms with Crippen molar-refractivity contribution in [2.75, 3.05) is 7.11 Å². The van der Waals surface area contributed by atoms with Gasteiger partial charge in [-0.25, -0.2) is 8.98 Å². The van der Waals surface area contributed by atoms with Crippen LogP contribution >= 0.6 is 0 Å². The lowest BCUT2D eigenvalue weighted by atomic mass is 10.0. The average Bonchev–Trinajstić information content (AvgIpc) is 2.59. The van der Waals surface area contributed by atoms with E-state index >= 15 is 0 Å². The zero-order valence-electron chi connectivity index (χ0n) is 13.2. The second-order valence-electron chi connectivity index (χ2n) is 5.16. The number of aliphatic hydroxyl groups excluding tert-OH is 1. The minimum Gasteiger partial charge on any atom is -0.467 e. The third-order valence-corrected chi connectivity index (χ3v) is 4.71. The van der Waals surface area contributed by atoms with Crippen molar-refractivity contribution in [3.63, 3.8) is 0 Å². The molecule has 0 aliphatic rings. The van der Waals surface area contributed by atoms with Crippen LogP contribution in [0.1, 0.15) is 17.2 Å². The van der Waals surface area contributed by atoms with Gasteiger partial charge in [0.05, 0.1) is 12.0 Å². The van der Waals surface area contributed by atoms with Crippen LogP contribution < -0.4 is 0 Å². The van der Waals surface area contributed by atoms with Gasteiger partial charge in [-0.15, -0.1) is 0 Å². The van der Waals surface area contributed by atoms with E-state index in [1.54, 1.807) is 42.5 Å². The van der Waals surface area contributed by atoms with E-state index in [0.29, 0.717) is 5.56 Å². The monoisotopic (exact) mass is 350 g/mol. The molecule has 0 amide bonds. The SMILES string of the molecule is COC(=O)[C@@H](OS(=O)(=O)c1ccc(C)cc1)[C@H](O)c1ccccc1. The highest BCUT2D eigenvalue weighted by atomic mass is 32.2. The van der Waals surface area contributed by atoms with Crippen molar-refractivity contribution in [2.24, 2.45) is 0 Å². The summed E-state index contributed by atoms with van der Waals surface area (Å²) in [6.45, 7) is 1.81. The molecule has 24 heavy (non-hydrogen) atoms. The van der Waals surface area contributed by atoms with Crippen LogP contribution in [0.3, 0.4) is 0 Å². The molecule has 0 unspecified atom stereocenters. The first kappa shape index (κ1) is 18.1. The Balaban J connectivity index is 2.32. The maximum atomic E-state index is 12.4. The Hall–Kier alpha value is -2.22. The average molecular weight is 350 g/mol. The largest absolute Gasteiger partial charge is 0.467 e. The maximum absolute atomic E-state index is 12.4. The smallest absolute Gasteiger partial charge is 0.339 e. The molecular formula is C17H18O6S. The van der Waals surface area contributed by atoms with E-state index in [1.807, 2.05) is 6.92 Å². The number of rotatable bonds is 6. The zero-order valence-corrected chi connectivity index (χ0v) is 14.1. The standard InChI is InChI=1S/C17H18O6S/c1-12-8-10-14(11-9-12)24(20,21)23-16(17(19)22-2)15(18)13-6-4-3-5-7-13/h3-11,15-16,18H,1-2H3/t15-,16+/m1/s1. The van der Waals surface area contributed by atoms with Gasteiger partial charge in [-0.05, 0) is 24.6 Å². The number of ether oxygens (including phenoxy) is 1. The van der Waals surface area contributed by atoms with Gasteiger partial charge in [0, 0.05) is 0 Å². The summed E-state index contributed by atoms with van der Waals surface area (Å²) < 4.78 is 34.3. The van der Waals surface area contributed by atoms with Crippen LogP contribution in [0, 0.1) is 6.92 Å². The predicted octanol–water partition coefficient (Wildman–Crippen LogP) is 1.98. The van der Waals surface area contributed by atoms with Gasteiger partial charge in [-0.1, -0.05) is 48.0 Å². The molecule has 1 N–H and O–H groups in total. The summed E-state index contributed by atoms with van der Waals surface area (Å²) in [6.07, 6.45) is -3.19. The Morgan fingerprint density at radius 1 is 1.04 bits per heavy atom. The second-order valence-corrected chi connectivity index (χ2v) is 6.73. The molecular weight excluding hydrogens is 332 g/mol.